The van der Waals surface area contributed by atoms with Crippen molar-refractivity contribution in [2.75, 3.05) is 6.61 Å². The maximum atomic E-state index is 8.53. The average Bonchev–Trinajstić information content (AvgIpc) is 2.17. The normalized spacial score (nSPS) is 16.7. The van der Waals surface area contributed by atoms with Crippen molar-refractivity contribution in [2.45, 2.75) is 13.3 Å². The first kappa shape index (κ1) is 6.43. The molecule has 0 aromatic rings. The van der Waals surface area contributed by atoms with Crippen LogP contribution in [0.5, 0.6) is 0 Å². The van der Waals surface area contributed by atoms with Gasteiger partial charge in [0.15, 0.2) is 0 Å². The van der Waals surface area contributed by atoms with E-state index in [4.69, 9.17) is 5.11 Å². The van der Waals surface area contributed by atoms with Crippen LogP contribution in [-0.4, -0.2) is 11.7 Å². The minimum Gasteiger partial charge on any atom is -0.396 e. The Balaban J connectivity index is 2.41. The summed E-state index contributed by atoms with van der Waals surface area (Å²) in [5.74, 6) is 0. The topological polar surface area (TPSA) is 20.2 Å². The van der Waals surface area contributed by atoms with Gasteiger partial charge in [-0.1, -0.05) is 0 Å². The van der Waals surface area contributed by atoms with Crippen LogP contribution in [0.15, 0.2) is 23.3 Å². The Bertz CT molecular complexity index is 154. The van der Waals surface area contributed by atoms with Crippen LogP contribution in [0.1, 0.15) is 13.3 Å². The monoisotopic (exact) mass is 123 g/mol. The number of aliphatic hydroxyl groups is 1. The number of hydrogen-bond donors (Lipinski definition) is 1. The molecular weight excluding hydrogens is 112 g/mol. The Kier molecular flexibility index (Phi) is 1.96. The van der Waals surface area contributed by atoms with Crippen LogP contribution in [-0.2, 0) is 0 Å². The molecule has 0 radical (unpaired) electrons. The smallest absolute Gasteiger partial charge is 0.0904 e. The van der Waals surface area contributed by atoms with E-state index in [1.807, 2.05) is 6.42 Å². The van der Waals surface area contributed by atoms with Gasteiger partial charge < -0.3 is 5.11 Å². The summed E-state index contributed by atoms with van der Waals surface area (Å²) < 4.78 is 0. The van der Waals surface area contributed by atoms with Gasteiger partial charge in [-0.15, -0.1) is 0 Å². The zero-order valence-electron chi connectivity index (χ0n) is 5.59. The minimum atomic E-state index is 0.253. The van der Waals surface area contributed by atoms with Gasteiger partial charge in [-0.25, -0.2) is 0 Å². The predicted molar refractivity (Wildman–Crippen MR) is 37.8 cm³/mol. The van der Waals surface area contributed by atoms with E-state index in [0.29, 0.717) is 0 Å². The summed E-state index contributed by atoms with van der Waals surface area (Å²) in [4.78, 5) is 0. The lowest BCUT2D eigenvalue weighted by atomic mass is 10.2. The molecule has 0 bridgehead atoms. The van der Waals surface area contributed by atoms with E-state index in [0.717, 1.165) is 6.42 Å². The van der Waals surface area contributed by atoms with Gasteiger partial charge in [-0.2, -0.15) is 0 Å². The molecule has 0 saturated heterocycles. The molecule has 0 aromatic carbocycles. The Hall–Kier alpha value is -0.690. The largest absolute Gasteiger partial charge is 0.396 e. The lowest BCUT2D eigenvalue weighted by Gasteiger charge is -1.86. The second kappa shape index (κ2) is 2.74. The van der Waals surface area contributed by atoms with E-state index in [2.05, 4.69) is 19.1 Å². The van der Waals surface area contributed by atoms with Crippen molar-refractivity contribution in [1.82, 2.24) is 0 Å². The summed E-state index contributed by atoms with van der Waals surface area (Å²) in [6, 6.07) is 0. The molecule has 1 nitrogen and oxygen atoms in total. The van der Waals surface area contributed by atoms with Gasteiger partial charge in [0.2, 0.25) is 0 Å². The van der Waals surface area contributed by atoms with E-state index >= 15 is 0 Å². The van der Waals surface area contributed by atoms with Crippen LogP contribution in [0.3, 0.4) is 0 Å². The van der Waals surface area contributed by atoms with E-state index in [1.165, 1.54) is 11.1 Å². The fraction of sp³-hybridized carbons (Fsp3) is 0.375. The van der Waals surface area contributed by atoms with Crippen LogP contribution in [0.4, 0.5) is 0 Å². The highest BCUT2D eigenvalue weighted by atomic mass is 16.2. The highest BCUT2D eigenvalue weighted by Crippen LogP contribution is 2.17. The molecule has 0 heterocycles. The van der Waals surface area contributed by atoms with Gasteiger partial charge in [0.05, 0.1) is 23.3 Å². The van der Waals surface area contributed by atoms with Crippen LogP contribution < -0.4 is 0 Å². The third kappa shape index (κ3) is 1.61. The number of hydrogen-bond acceptors (Lipinski definition) is 1. The van der Waals surface area contributed by atoms with Crippen LogP contribution >= 0.6 is 0 Å². The Morgan fingerprint density at radius 2 is 2.44 bits per heavy atom. The molecular formula is C8H11O+. The summed E-state index contributed by atoms with van der Waals surface area (Å²) in [6.45, 7) is 2.31. The molecule has 0 fully saturated rings. The molecule has 1 rings (SSSR count). The Labute approximate surface area is 55.7 Å². The van der Waals surface area contributed by atoms with Crippen molar-refractivity contribution in [3.05, 3.63) is 29.7 Å². The van der Waals surface area contributed by atoms with Crippen molar-refractivity contribution in [3.8, 4) is 0 Å². The maximum absolute atomic E-state index is 8.53. The molecule has 1 aliphatic rings. The quantitative estimate of drug-likeness (QED) is 0.551. The first-order valence-electron chi connectivity index (χ1n) is 3.16. The van der Waals surface area contributed by atoms with Gasteiger partial charge in [0.25, 0.3) is 0 Å². The molecule has 48 valence electrons. The van der Waals surface area contributed by atoms with Gasteiger partial charge in [-0.05, 0) is 0 Å². The fourth-order valence-electron chi connectivity index (χ4n) is 0.912. The van der Waals surface area contributed by atoms with Gasteiger partial charge in [0, 0.05) is 26.4 Å². The van der Waals surface area contributed by atoms with Crippen LogP contribution in [0.2, 0.25) is 0 Å². The average molecular weight is 123 g/mol. The summed E-state index contributed by atoms with van der Waals surface area (Å²) >= 11 is 0. The van der Waals surface area contributed by atoms with Gasteiger partial charge in [0.1, 0.15) is 0 Å². The molecule has 0 unspecified atom stereocenters. The van der Waals surface area contributed by atoms with Crippen LogP contribution in [0, 0.1) is 6.42 Å². The third-order valence-electron chi connectivity index (χ3n) is 1.37. The zero-order valence-corrected chi connectivity index (χ0v) is 5.59. The molecule has 1 heteroatoms. The SMILES string of the molecule is CC1=C[CH+]C(CCO)=C1. The van der Waals surface area contributed by atoms with Gasteiger partial charge in [-0.3, -0.25) is 0 Å². The van der Waals surface area contributed by atoms with Crippen molar-refractivity contribution >= 4 is 0 Å². The molecule has 0 amide bonds. The molecule has 0 spiro atoms. The molecule has 1 aliphatic carbocycles. The summed E-state index contributed by atoms with van der Waals surface area (Å²) in [6.07, 6.45) is 6.99. The van der Waals surface area contributed by atoms with Crippen molar-refractivity contribution in [1.29, 1.82) is 0 Å². The first-order chi connectivity index (χ1) is 4.33. The maximum Gasteiger partial charge on any atom is 0.0904 e. The van der Waals surface area contributed by atoms with Crippen molar-refractivity contribution < 1.29 is 5.11 Å². The zero-order chi connectivity index (χ0) is 6.69. The second-order valence-electron chi connectivity index (χ2n) is 2.27. The Morgan fingerprint density at radius 3 is 2.89 bits per heavy atom. The van der Waals surface area contributed by atoms with Crippen molar-refractivity contribution in [3.63, 3.8) is 0 Å². The summed E-state index contributed by atoms with van der Waals surface area (Å²) in [5, 5.41) is 8.53. The van der Waals surface area contributed by atoms with Crippen LogP contribution in [0.25, 0.3) is 0 Å². The molecule has 0 aliphatic heterocycles. The molecule has 0 atom stereocenters. The molecule has 1 N–H and O–H groups in total. The minimum absolute atomic E-state index is 0.253. The summed E-state index contributed by atoms with van der Waals surface area (Å²) in [7, 11) is 0. The number of allylic oxidation sites excluding steroid dienone is 3. The van der Waals surface area contributed by atoms with E-state index in [9.17, 15) is 0 Å². The van der Waals surface area contributed by atoms with E-state index in [-0.39, 0.29) is 6.61 Å². The lowest BCUT2D eigenvalue weighted by Crippen LogP contribution is -1.84. The predicted octanol–water partition coefficient (Wildman–Crippen LogP) is 1.46. The first-order valence-corrected chi connectivity index (χ1v) is 3.16. The molecule has 0 saturated carbocycles. The second-order valence-corrected chi connectivity index (χ2v) is 2.27. The van der Waals surface area contributed by atoms with E-state index in [1.54, 1.807) is 0 Å². The number of rotatable bonds is 2. The fourth-order valence-corrected chi connectivity index (χ4v) is 0.912. The van der Waals surface area contributed by atoms with Crippen molar-refractivity contribution in [2.24, 2.45) is 0 Å². The van der Waals surface area contributed by atoms with Gasteiger partial charge >= 0.3 is 0 Å². The highest BCUT2D eigenvalue weighted by molar-refractivity contribution is 5.39. The summed E-state index contributed by atoms with van der Waals surface area (Å²) in [5.41, 5.74) is 2.51. The molecule has 9 heavy (non-hydrogen) atoms. The standard InChI is InChI=1S/C8H11O/c1-7-2-3-8(6-7)4-5-9/h2-3,6,9H,4-5H2,1H3/q+1. The molecule has 0 aromatic heterocycles. The number of aliphatic hydroxyl groups excluding tert-OH is 1. The Morgan fingerprint density at radius 1 is 1.67 bits per heavy atom. The third-order valence-corrected chi connectivity index (χ3v) is 1.37. The van der Waals surface area contributed by atoms with E-state index < -0.39 is 0 Å². The highest BCUT2D eigenvalue weighted by Gasteiger charge is 2.11. The lowest BCUT2D eigenvalue weighted by molar-refractivity contribution is 0.300.